The molecular formula is C16H10N4O5S2. The van der Waals surface area contributed by atoms with Crippen molar-refractivity contribution in [2.75, 3.05) is 17.9 Å². The summed E-state index contributed by atoms with van der Waals surface area (Å²) >= 11 is 2.18. The predicted molar refractivity (Wildman–Crippen MR) is 99.7 cm³/mol. The lowest BCUT2D eigenvalue weighted by molar-refractivity contribution is -0.113. The lowest BCUT2D eigenvalue weighted by Gasteiger charge is -2.05. The molecule has 1 aliphatic rings. The number of nitrogens with one attached hydrogen (secondary N) is 3. The van der Waals surface area contributed by atoms with Gasteiger partial charge in [0.1, 0.15) is 16.3 Å². The third kappa shape index (κ3) is 3.27. The van der Waals surface area contributed by atoms with Crippen LogP contribution in [0.25, 0.3) is 10.2 Å². The van der Waals surface area contributed by atoms with Crippen molar-refractivity contribution in [2.45, 2.75) is 4.21 Å². The van der Waals surface area contributed by atoms with Gasteiger partial charge in [-0.15, -0.1) is 23.1 Å². The Kier molecular flexibility index (Phi) is 4.35. The average molecular weight is 402 g/mol. The lowest BCUT2D eigenvalue weighted by atomic mass is 10.3. The topological polar surface area (TPSA) is 137 Å². The van der Waals surface area contributed by atoms with E-state index < -0.39 is 11.2 Å². The molecule has 4 rings (SSSR count). The van der Waals surface area contributed by atoms with E-state index in [1.807, 2.05) is 6.07 Å². The number of benzene rings is 1. The van der Waals surface area contributed by atoms with E-state index in [2.05, 4.69) is 15.3 Å². The van der Waals surface area contributed by atoms with Gasteiger partial charge in [-0.05, 0) is 12.1 Å². The number of aromatic nitrogens is 2. The van der Waals surface area contributed by atoms with Crippen molar-refractivity contribution >= 4 is 44.9 Å². The summed E-state index contributed by atoms with van der Waals surface area (Å²) in [5.74, 6) is 0.908. The van der Waals surface area contributed by atoms with Crippen molar-refractivity contribution in [3.8, 4) is 17.6 Å². The Morgan fingerprint density at radius 2 is 2.11 bits per heavy atom. The number of thiophene rings is 1. The minimum atomic E-state index is -0.682. The molecule has 0 saturated carbocycles. The summed E-state index contributed by atoms with van der Waals surface area (Å²) in [5, 5.41) is 12.1. The van der Waals surface area contributed by atoms with Gasteiger partial charge in [0.2, 0.25) is 12.7 Å². The molecule has 0 spiro atoms. The van der Waals surface area contributed by atoms with E-state index in [0.717, 1.165) is 23.1 Å². The molecule has 0 unspecified atom stereocenters. The van der Waals surface area contributed by atoms with Crippen LogP contribution in [0.15, 0.2) is 32.0 Å². The highest BCUT2D eigenvalue weighted by molar-refractivity contribution is 8.02. The van der Waals surface area contributed by atoms with E-state index in [0.29, 0.717) is 21.4 Å². The van der Waals surface area contributed by atoms with Crippen LogP contribution >= 0.6 is 23.1 Å². The van der Waals surface area contributed by atoms with Crippen molar-refractivity contribution in [1.29, 1.82) is 5.26 Å². The fraction of sp³-hybridized carbons (Fsp3) is 0.125. The Bertz CT molecular complexity index is 1220. The number of hydrogen-bond acceptors (Lipinski definition) is 8. The molecule has 27 heavy (non-hydrogen) atoms. The van der Waals surface area contributed by atoms with Crippen LogP contribution in [0, 0.1) is 11.3 Å². The number of aromatic amines is 2. The molecule has 1 amide bonds. The number of amides is 1. The largest absolute Gasteiger partial charge is 0.454 e. The Morgan fingerprint density at radius 1 is 1.30 bits per heavy atom. The lowest BCUT2D eigenvalue weighted by Crippen LogP contribution is -2.20. The monoisotopic (exact) mass is 402 g/mol. The van der Waals surface area contributed by atoms with Crippen LogP contribution in [-0.2, 0) is 4.79 Å². The van der Waals surface area contributed by atoms with Gasteiger partial charge in [0.05, 0.1) is 15.5 Å². The summed E-state index contributed by atoms with van der Waals surface area (Å²) < 4.78 is 11.2. The molecule has 136 valence electrons. The molecule has 3 aromatic rings. The van der Waals surface area contributed by atoms with E-state index >= 15 is 0 Å². The zero-order chi connectivity index (χ0) is 19.0. The minimum Gasteiger partial charge on any atom is -0.454 e. The molecule has 0 fully saturated rings. The van der Waals surface area contributed by atoms with Gasteiger partial charge < -0.3 is 19.8 Å². The summed E-state index contributed by atoms with van der Waals surface area (Å²) in [4.78, 5) is 40.1. The van der Waals surface area contributed by atoms with Gasteiger partial charge in [0.25, 0.3) is 5.56 Å². The molecule has 2 aromatic heterocycles. The first-order chi connectivity index (χ1) is 13.0. The number of ether oxygens (including phenoxy) is 2. The maximum atomic E-state index is 12.2. The Hall–Kier alpha value is -3.23. The molecular weight excluding hydrogens is 392 g/mol. The molecule has 11 heteroatoms. The highest BCUT2D eigenvalue weighted by Crippen LogP contribution is 2.36. The highest BCUT2D eigenvalue weighted by Gasteiger charge is 2.18. The molecule has 0 radical (unpaired) electrons. The van der Waals surface area contributed by atoms with Crippen LogP contribution in [0.3, 0.4) is 0 Å². The smallest absolute Gasteiger partial charge is 0.326 e. The maximum absolute atomic E-state index is 12.2. The molecule has 0 aliphatic carbocycles. The molecule has 3 heterocycles. The summed E-state index contributed by atoms with van der Waals surface area (Å²) in [7, 11) is 0. The summed E-state index contributed by atoms with van der Waals surface area (Å²) in [6.45, 7) is 0.146. The molecule has 1 aromatic carbocycles. The maximum Gasteiger partial charge on any atom is 0.326 e. The quantitative estimate of drug-likeness (QED) is 0.564. The van der Waals surface area contributed by atoms with E-state index in [-0.39, 0.29) is 34.2 Å². The van der Waals surface area contributed by atoms with Gasteiger partial charge in [-0.2, -0.15) is 5.26 Å². The van der Waals surface area contributed by atoms with E-state index in [1.165, 1.54) is 0 Å². The van der Waals surface area contributed by atoms with E-state index in [4.69, 9.17) is 9.47 Å². The van der Waals surface area contributed by atoms with E-state index in [1.54, 1.807) is 18.2 Å². The molecule has 0 atom stereocenters. The van der Waals surface area contributed by atoms with Crippen molar-refractivity contribution in [3.63, 3.8) is 0 Å². The van der Waals surface area contributed by atoms with Crippen molar-refractivity contribution in [1.82, 2.24) is 9.97 Å². The summed E-state index contributed by atoms with van der Waals surface area (Å²) in [6, 6.07) is 7.04. The average Bonchev–Trinajstić information content (AvgIpc) is 3.23. The second-order valence-corrected chi connectivity index (χ2v) is 7.66. The number of rotatable bonds is 4. The van der Waals surface area contributed by atoms with Crippen LogP contribution in [0.2, 0.25) is 0 Å². The third-order valence-electron chi connectivity index (χ3n) is 3.65. The number of carbonyl (C=O) groups excluding carboxylic acids is 1. The standard InChI is InChI=1S/C16H10N4O5S2/c17-4-8-12-13(14(22)20-16(23)19-12)27-15(8)26-5-11(21)18-7-1-2-9-10(3-7)25-6-24-9/h1-3H,5-6H2,(H,18,21)(H2,19,20,22,23). The van der Waals surface area contributed by atoms with Crippen LogP contribution in [0.4, 0.5) is 5.69 Å². The van der Waals surface area contributed by atoms with Gasteiger partial charge in [-0.25, -0.2) is 4.79 Å². The number of hydrogen-bond donors (Lipinski definition) is 3. The Morgan fingerprint density at radius 3 is 2.93 bits per heavy atom. The number of fused-ring (bicyclic) bond motifs is 2. The first-order valence-corrected chi connectivity index (χ1v) is 9.37. The van der Waals surface area contributed by atoms with Crippen LogP contribution in [0.1, 0.15) is 5.56 Å². The second kappa shape index (κ2) is 6.82. The number of nitriles is 1. The Balaban J connectivity index is 1.51. The fourth-order valence-electron chi connectivity index (χ4n) is 2.50. The van der Waals surface area contributed by atoms with Gasteiger partial charge in [0.15, 0.2) is 11.5 Å². The first-order valence-electron chi connectivity index (χ1n) is 7.56. The number of carbonyl (C=O) groups is 1. The fourth-order valence-corrected chi connectivity index (χ4v) is 4.62. The summed E-state index contributed by atoms with van der Waals surface area (Å²) in [6.07, 6.45) is 0. The number of nitrogens with zero attached hydrogens (tertiary/aromatic N) is 1. The van der Waals surface area contributed by atoms with Crippen molar-refractivity contribution < 1.29 is 14.3 Å². The molecule has 1 aliphatic heterocycles. The number of H-pyrrole nitrogens is 2. The molecule has 3 N–H and O–H groups in total. The molecule has 9 nitrogen and oxygen atoms in total. The normalized spacial score (nSPS) is 12.1. The van der Waals surface area contributed by atoms with Crippen LogP contribution in [-0.4, -0.2) is 28.4 Å². The Labute approximate surface area is 158 Å². The summed E-state index contributed by atoms with van der Waals surface area (Å²) in [5.41, 5.74) is -0.317. The molecule has 0 bridgehead atoms. The zero-order valence-electron chi connectivity index (χ0n) is 13.5. The first kappa shape index (κ1) is 17.2. The molecule has 0 saturated heterocycles. The van der Waals surface area contributed by atoms with E-state index in [9.17, 15) is 19.6 Å². The zero-order valence-corrected chi connectivity index (χ0v) is 15.1. The number of anilines is 1. The minimum absolute atomic E-state index is 0.0259. The van der Waals surface area contributed by atoms with Crippen molar-refractivity contribution in [2.24, 2.45) is 0 Å². The second-order valence-electron chi connectivity index (χ2n) is 5.39. The van der Waals surface area contributed by atoms with Gasteiger partial charge >= 0.3 is 5.69 Å². The van der Waals surface area contributed by atoms with Crippen molar-refractivity contribution in [3.05, 3.63) is 44.6 Å². The third-order valence-corrected chi connectivity index (χ3v) is 6.11. The van der Waals surface area contributed by atoms with Gasteiger partial charge in [0, 0.05) is 11.8 Å². The highest BCUT2D eigenvalue weighted by atomic mass is 32.2. The predicted octanol–water partition coefficient (Wildman–Crippen LogP) is 1.61. The van der Waals surface area contributed by atoms with Crippen LogP contribution < -0.4 is 26.0 Å². The SMILES string of the molecule is N#Cc1c(SCC(=O)Nc2ccc3c(c2)OCO3)sc2c(=O)[nH]c(=O)[nH]c12. The van der Waals surface area contributed by atoms with Crippen LogP contribution in [0.5, 0.6) is 11.5 Å². The number of thioether (sulfide) groups is 1. The van der Waals surface area contributed by atoms with Gasteiger partial charge in [-0.3, -0.25) is 14.6 Å². The van der Waals surface area contributed by atoms with Gasteiger partial charge in [-0.1, -0.05) is 0 Å².